The normalized spacial score (nSPS) is 15.9. The van der Waals surface area contributed by atoms with Gasteiger partial charge in [-0.05, 0) is 42.0 Å². The molecule has 2 nitrogen and oxygen atoms in total. The maximum atomic E-state index is 14.0. The molecule has 0 aliphatic heterocycles. The van der Waals surface area contributed by atoms with Gasteiger partial charge in [0.1, 0.15) is 17.7 Å². The van der Waals surface area contributed by atoms with Crippen molar-refractivity contribution >= 4 is 0 Å². The lowest BCUT2D eigenvalue weighted by atomic mass is 9.98. The average Bonchev–Trinajstić information content (AvgIpc) is 3.31. The molecule has 1 aliphatic rings. The first-order valence-electron chi connectivity index (χ1n) is 6.80. The highest BCUT2D eigenvalue weighted by Gasteiger charge is 2.24. The summed E-state index contributed by atoms with van der Waals surface area (Å²) in [5, 5.41) is 10.4. The predicted molar refractivity (Wildman–Crippen MR) is 75.4 cm³/mol. The van der Waals surface area contributed by atoms with Crippen LogP contribution in [0.1, 0.15) is 41.6 Å². The van der Waals surface area contributed by atoms with Crippen LogP contribution < -0.4 is 4.74 Å². The highest BCUT2D eigenvalue weighted by molar-refractivity contribution is 5.38. The van der Waals surface area contributed by atoms with Gasteiger partial charge < -0.3 is 9.84 Å². The van der Waals surface area contributed by atoms with E-state index in [-0.39, 0.29) is 5.56 Å². The van der Waals surface area contributed by atoms with E-state index in [9.17, 15) is 9.50 Å². The zero-order chi connectivity index (χ0) is 14.1. The third-order valence-electron chi connectivity index (χ3n) is 3.78. The summed E-state index contributed by atoms with van der Waals surface area (Å²) < 4.78 is 19.0. The SMILES string of the molecule is COc1ccc(C(O)c2cccc(C3CC3)c2)c(F)c1. The maximum Gasteiger partial charge on any atom is 0.133 e. The Labute approximate surface area is 117 Å². The Morgan fingerprint density at radius 3 is 2.65 bits per heavy atom. The second kappa shape index (κ2) is 5.25. The quantitative estimate of drug-likeness (QED) is 0.917. The molecule has 0 amide bonds. The number of aliphatic hydroxyl groups excluding tert-OH is 1. The van der Waals surface area contributed by atoms with Crippen molar-refractivity contribution in [2.45, 2.75) is 24.9 Å². The van der Waals surface area contributed by atoms with Gasteiger partial charge in [-0.15, -0.1) is 0 Å². The van der Waals surface area contributed by atoms with Crippen LogP contribution in [0.4, 0.5) is 4.39 Å². The van der Waals surface area contributed by atoms with E-state index in [0.717, 1.165) is 5.56 Å². The van der Waals surface area contributed by atoms with Crippen LogP contribution in [-0.4, -0.2) is 12.2 Å². The van der Waals surface area contributed by atoms with Gasteiger partial charge in [0, 0.05) is 11.6 Å². The summed E-state index contributed by atoms with van der Waals surface area (Å²) in [5.41, 5.74) is 2.24. The number of rotatable bonds is 4. The Balaban J connectivity index is 1.91. The van der Waals surface area contributed by atoms with E-state index in [2.05, 4.69) is 6.07 Å². The molecular formula is C17H17FO2. The minimum absolute atomic E-state index is 0.277. The van der Waals surface area contributed by atoms with Crippen molar-refractivity contribution in [1.82, 2.24) is 0 Å². The molecule has 0 aromatic heterocycles. The van der Waals surface area contributed by atoms with Crippen LogP contribution in [0, 0.1) is 5.82 Å². The first-order valence-corrected chi connectivity index (χ1v) is 6.80. The fraction of sp³-hybridized carbons (Fsp3) is 0.294. The van der Waals surface area contributed by atoms with Gasteiger partial charge in [0.15, 0.2) is 0 Å². The van der Waals surface area contributed by atoms with Crippen molar-refractivity contribution in [3.05, 3.63) is 65.0 Å². The van der Waals surface area contributed by atoms with Crippen LogP contribution in [0.25, 0.3) is 0 Å². The molecule has 1 aliphatic carbocycles. The Morgan fingerprint density at radius 1 is 1.20 bits per heavy atom. The Morgan fingerprint density at radius 2 is 2.00 bits per heavy atom. The Hall–Kier alpha value is -1.87. The van der Waals surface area contributed by atoms with Gasteiger partial charge in [0.2, 0.25) is 0 Å². The predicted octanol–water partition coefficient (Wildman–Crippen LogP) is 3.79. The number of benzene rings is 2. The number of ether oxygens (including phenoxy) is 1. The summed E-state index contributed by atoms with van der Waals surface area (Å²) in [6.07, 6.45) is 1.46. The maximum absolute atomic E-state index is 14.0. The Kier molecular flexibility index (Phi) is 3.45. The zero-order valence-corrected chi connectivity index (χ0v) is 11.3. The molecule has 2 aromatic rings. The van der Waals surface area contributed by atoms with Gasteiger partial charge in [0.05, 0.1) is 7.11 Å². The molecule has 1 atom stereocenters. The van der Waals surface area contributed by atoms with Gasteiger partial charge in [-0.3, -0.25) is 0 Å². The van der Waals surface area contributed by atoms with Crippen LogP contribution in [0.3, 0.4) is 0 Å². The van der Waals surface area contributed by atoms with E-state index in [1.807, 2.05) is 18.2 Å². The largest absolute Gasteiger partial charge is 0.497 e. The van der Waals surface area contributed by atoms with E-state index in [4.69, 9.17) is 4.74 Å². The molecule has 1 fully saturated rings. The fourth-order valence-electron chi connectivity index (χ4n) is 2.44. The number of hydrogen-bond donors (Lipinski definition) is 1. The highest BCUT2D eigenvalue weighted by atomic mass is 19.1. The number of hydrogen-bond acceptors (Lipinski definition) is 2. The minimum Gasteiger partial charge on any atom is -0.497 e. The number of aliphatic hydroxyl groups is 1. The molecule has 1 N–H and O–H groups in total. The second-order valence-electron chi connectivity index (χ2n) is 5.23. The monoisotopic (exact) mass is 272 g/mol. The van der Waals surface area contributed by atoms with E-state index in [0.29, 0.717) is 11.7 Å². The van der Waals surface area contributed by atoms with Crippen LogP contribution in [-0.2, 0) is 0 Å². The first-order chi connectivity index (χ1) is 9.69. The highest BCUT2D eigenvalue weighted by Crippen LogP contribution is 2.41. The second-order valence-corrected chi connectivity index (χ2v) is 5.23. The summed E-state index contributed by atoms with van der Waals surface area (Å²) in [5.74, 6) is 0.613. The van der Waals surface area contributed by atoms with Crippen LogP contribution >= 0.6 is 0 Å². The lowest BCUT2D eigenvalue weighted by Crippen LogP contribution is -2.03. The lowest BCUT2D eigenvalue weighted by molar-refractivity contribution is 0.214. The van der Waals surface area contributed by atoms with Crippen molar-refractivity contribution in [2.24, 2.45) is 0 Å². The van der Waals surface area contributed by atoms with Gasteiger partial charge in [0.25, 0.3) is 0 Å². The molecule has 1 unspecified atom stereocenters. The molecule has 104 valence electrons. The first kappa shape index (κ1) is 13.1. The summed E-state index contributed by atoms with van der Waals surface area (Å²) >= 11 is 0. The molecule has 0 spiro atoms. The van der Waals surface area contributed by atoms with Crippen LogP contribution in [0.5, 0.6) is 5.75 Å². The third-order valence-corrected chi connectivity index (χ3v) is 3.78. The van der Waals surface area contributed by atoms with Gasteiger partial charge in [-0.2, -0.15) is 0 Å². The molecule has 0 heterocycles. The fourth-order valence-corrected chi connectivity index (χ4v) is 2.44. The zero-order valence-electron chi connectivity index (χ0n) is 11.3. The number of methoxy groups -OCH3 is 1. The van der Waals surface area contributed by atoms with Crippen molar-refractivity contribution in [2.75, 3.05) is 7.11 Å². The molecular weight excluding hydrogens is 255 g/mol. The van der Waals surface area contributed by atoms with Crippen molar-refractivity contribution in [3.63, 3.8) is 0 Å². The third kappa shape index (κ3) is 2.54. The summed E-state index contributed by atoms with van der Waals surface area (Å²) in [7, 11) is 1.49. The standard InChI is InChI=1S/C17H17FO2/c1-20-14-7-8-15(16(18)10-14)17(19)13-4-2-3-12(9-13)11-5-6-11/h2-4,7-11,17,19H,5-6H2,1H3. The van der Waals surface area contributed by atoms with E-state index in [1.54, 1.807) is 12.1 Å². The molecule has 3 heteroatoms. The molecule has 3 rings (SSSR count). The van der Waals surface area contributed by atoms with Gasteiger partial charge in [-0.1, -0.05) is 24.3 Å². The van der Waals surface area contributed by atoms with Gasteiger partial charge in [-0.25, -0.2) is 4.39 Å². The molecule has 2 aromatic carbocycles. The van der Waals surface area contributed by atoms with Crippen LogP contribution in [0.2, 0.25) is 0 Å². The minimum atomic E-state index is -0.945. The molecule has 0 saturated heterocycles. The topological polar surface area (TPSA) is 29.5 Å². The van der Waals surface area contributed by atoms with E-state index in [1.165, 1.54) is 31.6 Å². The molecule has 0 radical (unpaired) electrons. The molecule has 20 heavy (non-hydrogen) atoms. The van der Waals surface area contributed by atoms with E-state index >= 15 is 0 Å². The lowest BCUT2D eigenvalue weighted by Gasteiger charge is -2.14. The summed E-state index contributed by atoms with van der Waals surface area (Å²) in [6, 6.07) is 12.3. The van der Waals surface area contributed by atoms with Crippen molar-refractivity contribution < 1.29 is 14.2 Å². The van der Waals surface area contributed by atoms with Crippen molar-refractivity contribution in [3.8, 4) is 5.75 Å². The number of halogens is 1. The summed E-state index contributed by atoms with van der Waals surface area (Å²) in [4.78, 5) is 0. The average molecular weight is 272 g/mol. The van der Waals surface area contributed by atoms with Crippen molar-refractivity contribution in [1.29, 1.82) is 0 Å². The smallest absolute Gasteiger partial charge is 0.133 e. The summed E-state index contributed by atoms with van der Waals surface area (Å²) in [6.45, 7) is 0. The Bertz CT molecular complexity index is 620. The van der Waals surface area contributed by atoms with E-state index < -0.39 is 11.9 Å². The van der Waals surface area contributed by atoms with Gasteiger partial charge >= 0.3 is 0 Å². The molecule has 0 bridgehead atoms. The molecule has 1 saturated carbocycles. The van der Waals surface area contributed by atoms with Crippen LogP contribution in [0.15, 0.2) is 42.5 Å².